The molecule has 106 valence electrons. The molecule has 0 spiro atoms. The van der Waals surface area contributed by atoms with Crippen LogP contribution in [-0.4, -0.2) is 32.0 Å². The number of aromatic nitrogens is 4. The van der Waals surface area contributed by atoms with Crippen LogP contribution in [-0.2, 0) is 7.05 Å². The van der Waals surface area contributed by atoms with Crippen LogP contribution in [0.2, 0.25) is 0 Å². The van der Waals surface area contributed by atoms with E-state index in [-0.39, 0.29) is 0 Å². The van der Waals surface area contributed by atoms with Gasteiger partial charge in [0.2, 0.25) is 5.16 Å². The molecule has 2 rings (SSSR count). The lowest BCUT2D eigenvalue weighted by molar-refractivity contribution is 0.217. The summed E-state index contributed by atoms with van der Waals surface area (Å²) in [5.74, 6) is 2.33. The molecule has 1 aliphatic carbocycles. The van der Waals surface area contributed by atoms with Crippen LogP contribution >= 0.6 is 11.8 Å². The lowest BCUT2D eigenvalue weighted by atomic mass is 9.78. The van der Waals surface area contributed by atoms with Crippen molar-refractivity contribution in [2.45, 2.75) is 44.3 Å². The van der Waals surface area contributed by atoms with Gasteiger partial charge < -0.3 is 5.32 Å². The third-order valence-corrected chi connectivity index (χ3v) is 5.15. The molecule has 1 saturated carbocycles. The zero-order valence-electron chi connectivity index (χ0n) is 12.0. The Morgan fingerprint density at radius 3 is 2.95 bits per heavy atom. The topological polar surface area (TPSA) is 55.6 Å². The maximum absolute atomic E-state index is 4.13. The molecule has 19 heavy (non-hydrogen) atoms. The van der Waals surface area contributed by atoms with E-state index in [4.69, 9.17) is 0 Å². The number of nitrogens with one attached hydrogen (secondary N) is 1. The van der Waals surface area contributed by atoms with E-state index < -0.39 is 0 Å². The van der Waals surface area contributed by atoms with Gasteiger partial charge in [-0.15, -0.1) is 5.10 Å². The number of thioether (sulfide) groups is 1. The molecule has 3 unspecified atom stereocenters. The number of aryl methyl sites for hydroxylation is 1. The zero-order chi connectivity index (χ0) is 13.8. The standard InChI is InChI=1S/C13H23N5S/c1-9-6-5-7-12(11(9)3)14-10(2)8-19-13-15-16-17-18(13)4/h9,11-12,14H,2,5-8H2,1,3-4H3. The Morgan fingerprint density at radius 1 is 1.47 bits per heavy atom. The van der Waals surface area contributed by atoms with E-state index in [1.807, 2.05) is 7.05 Å². The number of rotatable bonds is 5. The van der Waals surface area contributed by atoms with Gasteiger partial charge in [0.05, 0.1) is 0 Å². The predicted molar refractivity (Wildman–Crippen MR) is 77.8 cm³/mol. The molecule has 1 heterocycles. The van der Waals surface area contributed by atoms with Crippen molar-refractivity contribution in [3.63, 3.8) is 0 Å². The van der Waals surface area contributed by atoms with Gasteiger partial charge in [-0.3, -0.25) is 0 Å². The van der Waals surface area contributed by atoms with E-state index >= 15 is 0 Å². The summed E-state index contributed by atoms with van der Waals surface area (Å²) in [4.78, 5) is 0. The smallest absolute Gasteiger partial charge is 0.209 e. The van der Waals surface area contributed by atoms with E-state index in [1.54, 1.807) is 16.4 Å². The van der Waals surface area contributed by atoms with Crippen LogP contribution in [0.25, 0.3) is 0 Å². The molecule has 0 aromatic carbocycles. The van der Waals surface area contributed by atoms with Crippen LogP contribution in [0.5, 0.6) is 0 Å². The molecule has 0 bridgehead atoms. The summed E-state index contributed by atoms with van der Waals surface area (Å²) in [7, 11) is 1.85. The van der Waals surface area contributed by atoms with E-state index in [2.05, 4.69) is 41.3 Å². The summed E-state index contributed by atoms with van der Waals surface area (Å²) in [5.41, 5.74) is 1.07. The third-order valence-electron chi connectivity index (χ3n) is 4.05. The van der Waals surface area contributed by atoms with Gasteiger partial charge in [0.25, 0.3) is 0 Å². The second-order valence-corrected chi connectivity index (χ2v) is 6.44. The largest absolute Gasteiger partial charge is 0.385 e. The lowest BCUT2D eigenvalue weighted by Crippen LogP contribution is -2.40. The van der Waals surface area contributed by atoms with Gasteiger partial charge in [0.15, 0.2) is 0 Å². The fraction of sp³-hybridized carbons (Fsp3) is 0.769. The average molecular weight is 281 g/mol. The summed E-state index contributed by atoms with van der Waals surface area (Å²) in [5, 5.41) is 15.8. The molecule has 0 aliphatic heterocycles. The van der Waals surface area contributed by atoms with Crippen molar-refractivity contribution in [3.8, 4) is 0 Å². The van der Waals surface area contributed by atoms with Crippen molar-refractivity contribution >= 4 is 11.8 Å². The first kappa shape index (κ1) is 14.4. The normalized spacial score (nSPS) is 27.2. The van der Waals surface area contributed by atoms with Gasteiger partial charge in [-0.05, 0) is 28.7 Å². The van der Waals surface area contributed by atoms with Crippen molar-refractivity contribution < 1.29 is 0 Å². The second kappa shape index (κ2) is 6.41. The number of tetrazole rings is 1. The van der Waals surface area contributed by atoms with Gasteiger partial charge in [-0.2, -0.15) is 0 Å². The molecule has 3 atom stereocenters. The van der Waals surface area contributed by atoms with Crippen molar-refractivity contribution in [3.05, 3.63) is 12.3 Å². The lowest BCUT2D eigenvalue weighted by Gasteiger charge is -2.35. The first-order chi connectivity index (χ1) is 9.08. The van der Waals surface area contributed by atoms with Gasteiger partial charge in [0.1, 0.15) is 0 Å². The molecule has 0 amide bonds. The quantitative estimate of drug-likeness (QED) is 0.839. The van der Waals surface area contributed by atoms with Crippen LogP contribution in [0.4, 0.5) is 0 Å². The van der Waals surface area contributed by atoms with Gasteiger partial charge in [-0.25, -0.2) is 4.68 Å². The van der Waals surface area contributed by atoms with Gasteiger partial charge in [0, 0.05) is 24.5 Å². The molecule has 0 saturated heterocycles. The van der Waals surface area contributed by atoms with Crippen molar-refractivity contribution in [1.29, 1.82) is 0 Å². The number of nitrogens with zero attached hydrogens (tertiary/aromatic N) is 4. The Labute approximate surface area is 119 Å². The summed E-state index contributed by atoms with van der Waals surface area (Å²) in [6.07, 6.45) is 3.92. The Bertz CT molecular complexity index is 430. The minimum Gasteiger partial charge on any atom is -0.385 e. The molecule has 1 aromatic rings. The number of hydrogen-bond acceptors (Lipinski definition) is 5. The molecule has 5 nitrogen and oxygen atoms in total. The molecular formula is C13H23N5S. The highest BCUT2D eigenvalue weighted by atomic mass is 32.2. The summed E-state index contributed by atoms with van der Waals surface area (Å²) >= 11 is 1.62. The second-order valence-electron chi connectivity index (χ2n) is 5.50. The van der Waals surface area contributed by atoms with Crippen LogP contribution in [0.1, 0.15) is 33.1 Å². The summed E-state index contributed by atoms with van der Waals surface area (Å²) in [6.45, 7) is 8.82. The fourth-order valence-electron chi connectivity index (χ4n) is 2.58. The third kappa shape index (κ3) is 3.72. The van der Waals surface area contributed by atoms with Crippen LogP contribution < -0.4 is 5.32 Å². The molecular weight excluding hydrogens is 258 g/mol. The highest BCUT2D eigenvalue weighted by Crippen LogP contribution is 2.30. The van der Waals surface area contributed by atoms with Gasteiger partial charge in [-0.1, -0.05) is 45.0 Å². The Kier molecular flexibility index (Phi) is 4.85. The zero-order valence-corrected chi connectivity index (χ0v) is 12.8. The number of hydrogen-bond donors (Lipinski definition) is 1. The minimum absolute atomic E-state index is 0.564. The Morgan fingerprint density at radius 2 is 2.26 bits per heavy atom. The molecule has 1 aromatic heterocycles. The van der Waals surface area contributed by atoms with Crippen molar-refractivity contribution in [2.24, 2.45) is 18.9 Å². The summed E-state index contributed by atoms with van der Waals surface area (Å²) in [6, 6.07) is 0.564. The first-order valence-electron chi connectivity index (χ1n) is 6.87. The minimum atomic E-state index is 0.564. The van der Waals surface area contributed by atoms with E-state index in [9.17, 15) is 0 Å². The van der Waals surface area contributed by atoms with Crippen LogP contribution in [0.15, 0.2) is 17.4 Å². The Balaban J connectivity index is 1.79. The van der Waals surface area contributed by atoms with Crippen molar-refractivity contribution in [1.82, 2.24) is 25.5 Å². The summed E-state index contributed by atoms with van der Waals surface area (Å²) < 4.78 is 1.68. The van der Waals surface area contributed by atoms with E-state index in [0.717, 1.165) is 22.5 Å². The monoisotopic (exact) mass is 281 g/mol. The SMILES string of the molecule is C=C(CSc1nnnn1C)NC1CCCC(C)C1C. The van der Waals surface area contributed by atoms with E-state index in [1.165, 1.54) is 19.3 Å². The average Bonchev–Trinajstić information content (AvgIpc) is 2.78. The molecule has 1 aliphatic rings. The molecule has 6 heteroatoms. The molecule has 1 fully saturated rings. The fourth-order valence-corrected chi connectivity index (χ4v) is 3.29. The van der Waals surface area contributed by atoms with Crippen molar-refractivity contribution in [2.75, 3.05) is 5.75 Å². The first-order valence-corrected chi connectivity index (χ1v) is 7.86. The molecule has 1 N–H and O–H groups in total. The highest BCUT2D eigenvalue weighted by molar-refractivity contribution is 7.99. The Hall–Kier alpha value is -1.04. The highest BCUT2D eigenvalue weighted by Gasteiger charge is 2.26. The van der Waals surface area contributed by atoms with Crippen LogP contribution in [0.3, 0.4) is 0 Å². The van der Waals surface area contributed by atoms with E-state index in [0.29, 0.717) is 12.0 Å². The predicted octanol–water partition coefficient (Wildman–Crippen LogP) is 2.23. The maximum Gasteiger partial charge on any atom is 0.209 e. The van der Waals surface area contributed by atoms with Crippen LogP contribution in [0, 0.1) is 11.8 Å². The maximum atomic E-state index is 4.13. The van der Waals surface area contributed by atoms with Gasteiger partial charge >= 0.3 is 0 Å². The molecule has 0 radical (unpaired) electrons.